The van der Waals surface area contributed by atoms with Crippen LogP contribution in [-0.2, 0) is 15.4 Å². The van der Waals surface area contributed by atoms with Crippen LogP contribution in [0.3, 0.4) is 0 Å². The minimum atomic E-state index is -3.71. The average molecular weight is 452 g/mol. The molecular weight excluding hydrogens is 430 g/mol. The first kappa shape index (κ1) is 19.2. The Morgan fingerprint density at radius 1 is 1.10 bits per heavy atom. The van der Waals surface area contributed by atoms with E-state index in [-0.39, 0.29) is 10.8 Å². The van der Waals surface area contributed by atoms with E-state index in [1.165, 1.54) is 0 Å². The molecule has 6 rings (SSSR count). The summed E-state index contributed by atoms with van der Waals surface area (Å²) >= 11 is 1.59. The Balaban J connectivity index is 1.54. The normalized spacial score (nSPS) is 23.8. The third-order valence-corrected chi connectivity index (χ3v) is 10.3. The molecule has 1 aliphatic carbocycles. The maximum atomic E-state index is 13.5. The van der Waals surface area contributed by atoms with Crippen LogP contribution in [0.2, 0.25) is 0 Å². The molecule has 0 radical (unpaired) electrons. The SMILES string of the molecule is CC1(C)C(O)(C2CC2)c2cc3nccc(Nc4ccc5scnc5c4)c3cc2S1(=O)=O. The molecule has 1 atom stereocenters. The van der Waals surface area contributed by atoms with Crippen molar-refractivity contribution in [2.24, 2.45) is 5.92 Å². The number of aliphatic hydroxyl groups is 1. The van der Waals surface area contributed by atoms with E-state index in [9.17, 15) is 13.5 Å². The zero-order chi connectivity index (χ0) is 21.6. The van der Waals surface area contributed by atoms with E-state index < -0.39 is 20.2 Å². The molecular formula is C23H21N3O3S2. The Morgan fingerprint density at radius 2 is 1.90 bits per heavy atom. The summed E-state index contributed by atoms with van der Waals surface area (Å²) in [5.74, 6) is -0.0397. The van der Waals surface area contributed by atoms with Crippen LogP contribution in [0.5, 0.6) is 0 Å². The molecule has 4 aromatic rings. The number of hydrogen-bond donors (Lipinski definition) is 2. The molecule has 1 unspecified atom stereocenters. The molecule has 6 nitrogen and oxygen atoms in total. The molecule has 8 heteroatoms. The third kappa shape index (κ3) is 2.43. The van der Waals surface area contributed by atoms with Gasteiger partial charge in [-0.05, 0) is 69.0 Å². The third-order valence-electron chi connectivity index (χ3n) is 6.91. The maximum absolute atomic E-state index is 13.5. The molecule has 0 saturated heterocycles. The second kappa shape index (κ2) is 6.03. The summed E-state index contributed by atoms with van der Waals surface area (Å²) < 4.78 is 26.8. The van der Waals surface area contributed by atoms with Crippen molar-refractivity contribution >= 4 is 53.7 Å². The van der Waals surface area contributed by atoms with E-state index in [1.807, 2.05) is 29.8 Å². The van der Waals surface area contributed by atoms with Gasteiger partial charge in [-0.3, -0.25) is 4.98 Å². The fraction of sp³-hybridized carbons (Fsp3) is 0.304. The Bertz CT molecular complexity index is 1490. The highest BCUT2D eigenvalue weighted by Crippen LogP contribution is 2.61. The first-order chi connectivity index (χ1) is 14.7. The van der Waals surface area contributed by atoms with Gasteiger partial charge in [0, 0.05) is 28.5 Å². The lowest BCUT2D eigenvalue weighted by molar-refractivity contribution is -0.0156. The van der Waals surface area contributed by atoms with E-state index in [2.05, 4.69) is 15.3 Å². The van der Waals surface area contributed by atoms with Crippen molar-refractivity contribution in [3.63, 3.8) is 0 Å². The van der Waals surface area contributed by atoms with Crippen LogP contribution in [0.25, 0.3) is 21.1 Å². The van der Waals surface area contributed by atoms with E-state index >= 15 is 0 Å². The van der Waals surface area contributed by atoms with Gasteiger partial charge >= 0.3 is 0 Å². The monoisotopic (exact) mass is 451 g/mol. The average Bonchev–Trinajstić information content (AvgIpc) is 3.48. The summed E-state index contributed by atoms with van der Waals surface area (Å²) in [5, 5.41) is 15.8. The molecule has 2 aliphatic rings. The molecule has 0 spiro atoms. The van der Waals surface area contributed by atoms with Gasteiger partial charge in [0.1, 0.15) is 10.3 Å². The lowest BCUT2D eigenvalue weighted by Crippen LogP contribution is -2.48. The number of thiazole rings is 1. The zero-order valence-electron chi connectivity index (χ0n) is 17.1. The summed E-state index contributed by atoms with van der Waals surface area (Å²) in [7, 11) is -3.71. The van der Waals surface area contributed by atoms with E-state index in [4.69, 9.17) is 0 Å². The van der Waals surface area contributed by atoms with Crippen LogP contribution >= 0.6 is 11.3 Å². The Hall–Kier alpha value is -2.55. The van der Waals surface area contributed by atoms with Crippen molar-refractivity contribution in [3.05, 3.63) is 53.7 Å². The molecule has 158 valence electrons. The second-order valence-corrected chi connectivity index (χ2v) is 12.3. The summed E-state index contributed by atoms with van der Waals surface area (Å²) in [4.78, 5) is 9.06. The van der Waals surface area contributed by atoms with Crippen molar-refractivity contribution < 1.29 is 13.5 Å². The van der Waals surface area contributed by atoms with E-state index in [0.717, 1.165) is 34.4 Å². The standard InChI is InChI=1S/C23H21N3O3S2/c1-22(2)23(27,13-3-4-13)16-11-18-15(10-21(16)31(22,28)29)17(7-8-24-18)26-14-5-6-20-19(9-14)25-12-30-20/h5-13,27H,3-4H2,1-2H3,(H,24,26). The van der Waals surface area contributed by atoms with Crippen LogP contribution in [-0.4, -0.2) is 28.2 Å². The van der Waals surface area contributed by atoms with Crippen molar-refractivity contribution in [2.45, 2.75) is 41.9 Å². The maximum Gasteiger partial charge on any atom is 0.187 e. The number of nitrogens with one attached hydrogen (secondary N) is 1. The highest BCUT2D eigenvalue weighted by atomic mass is 32.2. The smallest absolute Gasteiger partial charge is 0.187 e. The first-order valence-electron chi connectivity index (χ1n) is 10.2. The number of hydrogen-bond acceptors (Lipinski definition) is 7. The van der Waals surface area contributed by atoms with Gasteiger partial charge in [0.15, 0.2) is 9.84 Å². The van der Waals surface area contributed by atoms with Crippen LogP contribution in [0.15, 0.2) is 53.0 Å². The van der Waals surface area contributed by atoms with Crippen molar-refractivity contribution in [2.75, 3.05) is 5.32 Å². The predicted octanol–water partition coefficient (Wildman–Crippen LogP) is 4.75. The predicted molar refractivity (Wildman–Crippen MR) is 123 cm³/mol. The van der Waals surface area contributed by atoms with Gasteiger partial charge < -0.3 is 10.4 Å². The number of rotatable bonds is 3. The van der Waals surface area contributed by atoms with Gasteiger partial charge in [-0.15, -0.1) is 11.3 Å². The minimum absolute atomic E-state index is 0.0397. The zero-order valence-corrected chi connectivity index (χ0v) is 18.7. The largest absolute Gasteiger partial charge is 0.383 e. The molecule has 1 aliphatic heterocycles. The Morgan fingerprint density at radius 3 is 2.68 bits per heavy atom. The van der Waals surface area contributed by atoms with Crippen LogP contribution in [0.4, 0.5) is 11.4 Å². The van der Waals surface area contributed by atoms with Crippen molar-refractivity contribution in [1.29, 1.82) is 0 Å². The molecule has 2 N–H and O–H groups in total. The fourth-order valence-corrected chi connectivity index (χ4v) is 7.58. The summed E-state index contributed by atoms with van der Waals surface area (Å²) in [6.45, 7) is 3.28. The van der Waals surface area contributed by atoms with E-state index in [0.29, 0.717) is 16.5 Å². The molecule has 31 heavy (non-hydrogen) atoms. The minimum Gasteiger partial charge on any atom is -0.383 e. The number of fused-ring (bicyclic) bond motifs is 3. The van der Waals surface area contributed by atoms with Gasteiger partial charge in [0.2, 0.25) is 0 Å². The lowest BCUT2D eigenvalue weighted by atomic mass is 9.79. The van der Waals surface area contributed by atoms with Gasteiger partial charge in [-0.2, -0.15) is 0 Å². The fourth-order valence-electron chi connectivity index (χ4n) is 4.91. The molecule has 0 bridgehead atoms. The van der Waals surface area contributed by atoms with Crippen molar-refractivity contribution in [3.8, 4) is 0 Å². The second-order valence-electron chi connectivity index (χ2n) is 8.94. The van der Waals surface area contributed by atoms with Gasteiger partial charge in [0.25, 0.3) is 0 Å². The highest BCUT2D eigenvalue weighted by Gasteiger charge is 2.66. The van der Waals surface area contributed by atoms with Crippen LogP contribution < -0.4 is 5.32 Å². The molecule has 0 amide bonds. The number of aromatic nitrogens is 2. The number of benzene rings is 2. The van der Waals surface area contributed by atoms with Gasteiger partial charge in [-0.1, -0.05) is 0 Å². The molecule has 1 fully saturated rings. The lowest BCUT2D eigenvalue weighted by Gasteiger charge is -2.36. The molecule has 1 saturated carbocycles. The van der Waals surface area contributed by atoms with Crippen LogP contribution in [0, 0.1) is 5.92 Å². The number of nitrogens with zero attached hydrogens (tertiary/aromatic N) is 2. The number of anilines is 2. The Kier molecular flexibility index (Phi) is 3.72. The van der Waals surface area contributed by atoms with Gasteiger partial charge in [0.05, 0.1) is 26.1 Å². The summed E-state index contributed by atoms with van der Waals surface area (Å²) in [5.41, 5.74) is 4.10. The highest BCUT2D eigenvalue weighted by molar-refractivity contribution is 7.93. The van der Waals surface area contributed by atoms with E-state index in [1.54, 1.807) is 43.5 Å². The summed E-state index contributed by atoms with van der Waals surface area (Å²) in [6.07, 6.45) is 3.37. The number of pyridine rings is 1. The molecule has 3 heterocycles. The van der Waals surface area contributed by atoms with Crippen molar-refractivity contribution in [1.82, 2.24) is 9.97 Å². The Labute approximate surface area is 183 Å². The van der Waals surface area contributed by atoms with Crippen LogP contribution in [0.1, 0.15) is 32.3 Å². The topological polar surface area (TPSA) is 92.2 Å². The first-order valence-corrected chi connectivity index (χ1v) is 12.6. The molecule has 2 aromatic carbocycles. The molecule has 2 aromatic heterocycles. The van der Waals surface area contributed by atoms with Gasteiger partial charge in [-0.25, -0.2) is 13.4 Å². The quantitative estimate of drug-likeness (QED) is 0.467. The summed E-state index contributed by atoms with van der Waals surface area (Å²) in [6, 6.07) is 11.2. The number of sulfone groups is 1.